The third-order valence-corrected chi connectivity index (χ3v) is 4.63. The summed E-state index contributed by atoms with van der Waals surface area (Å²) in [5, 5.41) is 8.52. The van der Waals surface area contributed by atoms with Gasteiger partial charge < -0.3 is 9.84 Å². The number of rotatable bonds is 5. The molecule has 0 bridgehead atoms. The standard InChI is InChI=1S/C14H11BrClNO5S/c1-2-17-13(20)10(23-14(17)21)5-7-3-8(15)12(9(16)4-7)22-6-11(18)19/h3-5H,2,6H2,1H3,(H,18,19). The summed E-state index contributed by atoms with van der Waals surface area (Å²) in [6.45, 7) is 1.52. The summed E-state index contributed by atoms with van der Waals surface area (Å²) < 4.78 is 5.54. The zero-order valence-corrected chi connectivity index (χ0v) is 15.0. The summed E-state index contributed by atoms with van der Waals surface area (Å²) >= 11 is 10.2. The molecule has 0 radical (unpaired) electrons. The molecular formula is C14H11BrClNO5S. The summed E-state index contributed by atoms with van der Waals surface area (Å²) in [7, 11) is 0. The van der Waals surface area contributed by atoms with Crippen LogP contribution in [0.2, 0.25) is 5.02 Å². The second kappa shape index (κ2) is 7.37. The van der Waals surface area contributed by atoms with E-state index in [0.29, 0.717) is 21.5 Å². The number of carboxylic acids is 1. The van der Waals surface area contributed by atoms with Crippen molar-refractivity contribution < 1.29 is 24.2 Å². The maximum Gasteiger partial charge on any atom is 0.341 e. The first kappa shape index (κ1) is 17.8. The molecule has 6 nitrogen and oxygen atoms in total. The van der Waals surface area contributed by atoms with Crippen molar-refractivity contribution in [2.75, 3.05) is 13.2 Å². The molecule has 0 aliphatic carbocycles. The molecule has 0 aromatic heterocycles. The second-order valence-electron chi connectivity index (χ2n) is 4.42. The summed E-state index contributed by atoms with van der Waals surface area (Å²) in [5.41, 5.74) is 0.589. The Labute approximate surface area is 149 Å². The van der Waals surface area contributed by atoms with Crippen molar-refractivity contribution in [3.63, 3.8) is 0 Å². The number of likely N-dealkylation sites (N-methyl/N-ethyl adjacent to an activating group) is 1. The maximum atomic E-state index is 12.0. The fraction of sp³-hybridized carbons (Fsp3) is 0.214. The quantitative estimate of drug-likeness (QED) is 0.733. The highest BCUT2D eigenvalue weighted by Gasteiger charge is 2.33. The number of nitrogens with zero attached hydrogens (tertiary/aromatic N) is 1. The monoisotopic (exact) mass is 419 g/mol. The molecule has 122 valence electrons. The van der Waals surface area contributed by atoms with Crippen molar-refractivity contribution in [3.8, 4) is 5.75 Å². The highest BCUT2D eigenvalue weighted by molar-refractivity contribution is 9.10. The molecule has 1 aliphatic heterocycles. The topological polar surface area (TPSA) is 83.9 Å². The van der Waals surface area contributed by atoms with Crippen LogP contribution in [0.4, 0.5) is 4.79 Å². The van der Waals surface area contributed by atoms with E-state index in [9.17, 15) is 14.4 Å². The molecule has 1 aliphatic rings. The van der Waals surface area contributed by atoms with Crippen LogP contribution in [-0.4, -0.2) is 40.3 Å². The minimum Gasteiger partial charge on any atom is -0.479 e. The van der Waals surface area contributed by atoms with Crippen LogP contribution < -0.4 is 4.74 Å². The van der Waals surface area contributed by atoms with E-state index in [1.807, 2.05) is 0 Å². The van der Waals surface area contributed by atoms with Crippen LogP contribution >= 0.6 is 39.3 Å². The molecular weight excluding hydrogens is 410 g/mol. The first-order valence-electron chi connectivity index (χ1n) is 6.42. The third kappa shape index (κ3) is 4.07. The van der Waals surface area contributed by atoms with Gasteiger partial charge in [-0.3, -0.25) is 14.5 Å². The molecule has 23 heavy (non-hydrogen) atoms. The van der Waals surface area contributed by atoms with E-state index >= 15 is 0 Å². The number of ether oxygens (including phenoxy) is 1. The lowest BCUT2D eigenvalue weighted by Crippen LogP contribution is -2.27. The largest absolute Gasteiger partial charge is 0.479 e. The molecule has 2 rings (SSSR count). The van der Waals surface area contributed by atoms with Crippen molar-refractivity contribution in [1.29, 1.82) is 0 Å². The van der Waals surface area contributed by atoms with Gasteiger partial charge in [0.1, 0.15) is 0 Å². The van der Waals surface area contributed by atoms with Crippen LogP contribution in [-0.2, 0) is 9.59 Å². The van der Waals surface area contributed by atoms with E-state index in [4.69, 9.17) is 21.4 Å². The molecule has 1 saturated heterocycles. The zero-order valence-electron chi connectivity index (χ0n) is 11.8. The van der Waals surface area contributed by atoms with Gasteiger partial charge in [0.15, 0.2) is 12.4 Å². The predicted octanol–water partition coefficient (Wildman–Crippen LogP) is 3.62. The van der Waals surface area contributed by atoms with Crippen molar-refractivity contribution in [1.82, 2.24) is 4.90 Å². The Kier molecular flexibility index (Phi) is 5.72. The summed E-state index contributed by atoms with van der Waals surface area (Å²) in [6, 6.07) is 3.16. The minimum absolute atomic E-state index is 0.196. The van der Waals surface area contributed by atoms with Gasteiger partial charge in [-0.1, -0.05) is 11.6 Å². The van der Waals surface area contributed by atoms with Gasteiger partial charge in [0, 0.05) is 6.54 Å². The molecule has 0 spiro atoms. The Morgan fingerprint density at radius 1 is 1.48 bits per heavy atom. The lowest BCUT2D eigenvalue weighted by atomic mass is 10.2. The average molecular weight is 421 g/mol. The molecule has 1 aromatic rings. The van der Waals surface area contributed by atoms with Crippen molar-refractivity contribution in [2.45, 2.75) is 6.92 Å². The van der Waals surface area contributed by atoms with Gasteiger partial charge in [0.25, 0.3) is 11.1 Å². The Hall–Kier alpha value is -1.51. The van der Waals surface area contributed by atoms with Crippen LogP contribution in [0.15, 0.2) is 21.5 Å². The molecule has 1 heterocycles. The highest BCUT2D eigenvalue weighted by Crippen LogP contribution is 2.37. The molecule has 1 N–H and O–H groups in total. The predicted molar refractivity (Wildman–Crippen MR) is 90.6 cm³/mol. The fourth-order valence-electron chi connectivity index (χ4n) is 1.86. The molecule has 0 atom stereocenters. The number of aliphatic carboxylic acids is 1. The van der Waals surface area contributed by atoms with Gasteiger partial charge in [-0.05, 0) is 58.4 Å². The molecule has 2 amide bonds. The molecule has 1 fully saturated rings. The number of carboxylic acid groups (broad SMARTS) is 1. The minimum atomic E-state index is -1.12. The number of carbonyl (C=O) groups is 3. The van der Waals surface area contributed by atoms with Crippen LogP contribution in [0.3, 0.4) is 0 Å². The van der Waals surface area contributed by atoms with Crippen LogP contribution in [0.5, 0.6) is 5.75 Å². The van der Waals surface area contributed by atoms with E-state index in [2.05, 4.69) is 15.9 Å². The van der Waals surface area contributed by atoms with E-state index < -0.39 is 12.6 Å². The molecule has 9 heteroatoms. The Bertz CT molecular complexity index is 698. The second-order valence-corrected chi connectivity index (χ2v) is 6.68. The first-order valence-corrected chi connectivity index (χ1v) is 8.41. The number of carbonyl (C=O) groups excluding carboxylic acids is 2. The summed E-state index contributed by atoms with van der Waals surface area (Å²) in [6.07, 6.45) is 1.55. The fourth-order valence-corrected chi connectivity index (χ4v) is 3.75. The van der Waals surface area contributed by atoms with Crippen LogP contribution in [0, 0.1) is 0 Å². The highest BCUT2D eigenvalue weighted by atomic mass is 79.9. The number of halogens is 2. The van der Waals surface area contributed by atoms with E-state index in [-0.39, 0.29) is 21.9 Å². The van der Waals surface area contributed by atoms with Crippen molar-refractivity contribution >= 4 is 62.5 Å². The smallest absolute Gasteiger partial charge is 0.341 e. The van der Waals surface area contributed by atoms with Crippen molar-refractivity contribution in [3.05, 3.63) is 32.1 Å². The molecule has 0 saturated carbocycles. The van der Waals surface area contributed by atoms with Crippen LogP contribution in [0.25, 0.3) is 6.08 Å². The summed E-state index contributed by atoms with van der Waals surface area (Å²) in [5.74, 6) is -1.26. The van der Waals surface area contributed by atoms with E-state index in [0.717, 1.165) is 16.7 Å². The van der Waals surface area contributed by atoms with E-state index in [1.165, 1.54) is 6.07 Å². The first-order chi connectivity index (χ1) is 10.8. The number of hydrogen-bond donors (Lipinski definition) is 1. The molecule has 0 unspecified atom stereocenters. The van der Waals surface area contributed by atoms with Gasteiger partial charge in [-0.25, -0.2) is 4.79 Å². The lowest BCUT2D eigenvalue weighted by molar-refractivity contribution is -0.139. The van der Waals surface area contributed by atoms with Crippen LogP contribution in [0.1, 0.15) is 12.5 Å². The number of amides is 2. The Morgan fingerprint density at radius 2 is 2.17 bits per heavy atom. The Balaban J connectivity index is 2.28. The van der Waals surface area contributed by atoms with Gasteiger partial charge in [-0.15, -0.1) is 0 Å². The Morgan fingerprint density at radius 3 is 2.70 bits per heavy atom. The van der Waals surface area contributed by atoms with Gasteiger partial charge in [0.05, 0.1) is 14.4 Å². The third-order valence-electron chi connectivity index (χ3n) is 2.85. The zero-order chi connectivity index (χ0) is 17.1. The lowest BCUT2D eigenvalue weighted by Gasteiger charge is -2.09. The van der Waals surface area contributed by atoms with Gasteiger partial charge >= 0.3 is 5.97 Å². The normalized spacial score (nSPS) is 16.3. The van der Waals surface area contributed by atoms with Gasteiger partial charge in [-0.2, -0.15) is 0 Å². The number of hydrogen-bond acceptors (Lipinski definition) is 5. The van der Waals surface area contributed by atoms with Crippen molar-refractivity contribution in [2.24, 2.45) is 0 Å². The number of thioether (sulfide) groups is 1. The van der Waals surface area contributed by atoms with E-state index in [1.54, 1.807) is 19.1 Å². The number of benzene rings is 1. The number of imide groups is 1. The maximum absolute atomic E-state index is 12.0. The summed E-state index contributed by atoms with van der Waals surface area (Å²) in [4.78, 5) is 35.7. The molecule has 1 aromatic carbocycles. The van der Waals surface area contributed by atoms with Gasteiger partial charge in [0.2, 0.25) is 0 Å². The SMILES string of the molecule is CCN1C(=O)SC(=Cc2cc(Cl)c(OCC(=O)O)c(Br)c2)C1=O. The average Bonchev–Trinajstić information content (AvgIpc) is 2.71.